The quantitative estimate of drug-likeness (QED) is 0.662. The van der Waals surface area contributed by atoms with Crippen LogP contribution >= 0.6 is 27.7 Å². The van der Waals surface area contributed by atoms with Gasteiger partial charge in [-0.1, -0.05) is 33.8 Å². The maximum atomic E-state index is 12.0. The molecule has 2 aromatic heterocycles. The molecule has 0 radical (unpaired) electrons. The number of nitrogens with one attached hydrogen (secondary N) is 2. The van der Waals surface area contributed by atoms with Crippen molar-refractivity contribution < 1.29 is 4.79 Å². The van der Waals surface area contributed by atoms with E-state index >= 15 is 0 Å². The minimum Gasteiger partial charge on any atom is -0.325 e. The second kappa shape index (κ2) is 6.55. The number of thioether (sulfide) groups is 1. The van der Waals surface area contributed by atoms with Crippen LogP contribution in [0.3, 0.4) is 0 Å². The standard InChI is InChI=1S/C14H12BrN5O2S/c1-20-12-11(13(22)17-7-16-12)19-14(20)23-6-10(21)18-9-4-2-3-8(15)5-9/h2-5,7H,6H2,1H3,(H,18,21)(H,16,17,22). The van der Waals surface area contributed by atoms with Gasteiger partial charge in [0.1, 0.15) is 0 Å². The van der Waals surface area contributed by atoms with Crippen molar-refractivity contribution in [2.75, 3.05) is 11.1 Å². The van der Waals surface area contributed by atoms with Crippen LogP contribution in [0.1, 0.15) is 0 Å². The Balaban J connectivity index is 1.71. The SMILES string of the molecule is Cn1c(SCC(=O)Nc2cccc(Br)c2)nc2c(=O)[nH]cnc21. The fourth-order valence-electron chi connectivity index (χ4n) is 2.01. The number of H-pyrrole nitrogens is 1. The van der Waals surface area contributed by atoms with Crippen molar-refractivity contribution in [1.29, 1.82) is 0 Å². The molecule has 9 heteroatoms. The summed E-state index contributed by atoms with van der Waals surface area (Å²) in [6, 6.07) is 7.36. The van der Waals surface area contributed by atoms with E-state index in [1.54, 1.807) is 11.6 Å². The molecule has 0 saturated heterocycles. The second-order valence-electron chi connectivity index (χ2n) is 4.70. The number of amides is 1. The zero-order valence-electron chi connectivity index (χ0n) is 12.0. The zero-order valence-corrected chi connectivity index (χ0v) is 14.4. The topological polar surface area (TPSA) is 92.7 Å². The Labute approximate surface area is 143 Å². The Bertz CT molecular complexity index is 936. The number of imidazole rings is 1. The highest BCUT2D eigenvalue weighted by Crippen LogP contribution is 2.20. The number of rotatable bonds is 4. The van der Waals surface area contributed by atoms with Crippen molar-refractivity contribution in [3.8, 4) is 0 Å². The van der Waals surface area contributed by atoms with Crippen LogP contribution in [0.25, 0.3) is 11.2 Å². The molecule has 3 aromatic rings. The first kappa shape index (κ1) is 15.8. The summed E-state index contributed by atoms with van der Waals surface area (Å²) in [5, 5.41) is 3.37. The molecular weight excluding hydrogens is 382 g/mol. The summed E-state index contributed by atoms with van der Waals surface area (Å²) >= 11 is 4.60. The summed E-state index contributed by atoms with van der Waals surface area (Å²) in [4.78, 5) is 34.5. The predicted molar refractivity (Wildman–Crippen MR) is 92.6 cm³/mol. The molecule has 2 heterocycles. The number of anilines is 1. The first-order valence-corrected chi connectivity index (χ1v) is 8.41. The molecule has 0 aliphatic heterocycles. The van der Waals surface area contributed by atoms with Crippen molar-refractivity contribution in [2.45, 2.75) is 5.16 Å². The first-order chi connectivity index (χ1) is 11.0. The molecule has 0 aliphatic rings. The molecular formula is C14H12BrN5O2S. The van der Waals surface area contributed by atoms with Gasteiger partial charge >= 0.3 is 0 Å². The Kier molecular flexibility index (Phi) is 4.49. The van der Waals surface area contributed by atoms with Gasteiger partial charge in [-0.3, -0.25) is 9.59 Å². The van der Waals surface area contributed by atoms with E-state index in [1.165, 1.54) is 18.1 Å². The fourth-order valence-corrected chi connectivity index (χ4v) is 3.18. The highest BCUT2D eigenvalue weighted by Gasteiger charge is 2.13. The molecule has 118 valence electrons. The molecule has 23 heavy (non-hydrogen) atoms. The largest absolute Gasteiger partial charge is 0.325 e. The second-order valence-corrected chi connectivity index (χ2v) is 6.56. The summed E-state index contributed by atoms with van der Waals surface area (Å²) in [6.45, 7) is 0. The Morgan fingerprint density at radius 2 is 2.30 bits per heavy atom. The van der Waals surface area contributed by atoms with Crippen molar-refractivity contribution in [1.82, 2.24) is 19.5 Å². The van der Waals surface area contributed by atoms with Crippen LogP contribution in [0.4, 0.5) is 5.69 Å². The van der Waals surface area contributed by atoms with Crippen LogP contribution in [-0.2, 0) is 11.8 Å². The molecule has 1 aromatic carbocycles. The van der Waals surface area contributed by atoms with E-state index in [0.717, 1.165) is 4.47 Å². The summed E-state index contributed by atoms with van der Waals surface area (Å²) in [5.74, 6) is 0.0312. The number of carbonyl (C=O) groups is 1. The van der Waals surface area contributed by atoms with Crippen molar-refractivity contribution in [3.05, 3.63) is 45.4 Å². The van der Waals surface area contributed by atoms with Crippen LogP contribution in [0.2, 0.25) is 0 Å². The number of benzene rings is 1. The predicted octanol–water partition coefficient (Wildman–Crippen LogP) is 2.15. The van der Waals surface area contributed by atoms with Crippen molar-refractivity contribution in [2.24, 2.45) is 7.05 Å². The van der Waals surface area contributed by atoms with E-state index in [4.69, 9.17) is 0 Å². The van der Waals surface area contributed by atoms with Gasteiger partial charge in [-0.15, -0.1) is 0 Å². The third-order valence-electron chi connectivity index (χ3n) is 3.06. The van der Waals surface area contributed by atoms with Gasteiger partial charge in [0.25, 0.3) is 5.56 Å². The highest BCUT2D eigenvalue weighted by atomic mass is 79.9. The van der Waals surface area contributed by atoms with E-state index in [9.17, 15) is 9.59 Å². The van der Waals surface area contributed by atoms with Gasteiger partial charge in [-0.05, 0) is 18.2 Å². The van der Waals surface area contributed by atoms with Gasteiger partial charge in [0.15, 0.2) is 16.3 Å². The lowest BCUT2D eigenvalue weighted by atomic mass is 10.3. The lowest BCUT2D eigenvalue weighted by molar-refractivity contribution is -0.113. The van der Waals surface area contributed by atoms with E-state index in [2.05, 4.69) is 36.2 Å². The third-order valence-corrected chi connectivity index (χ3v) is 4.59. The molecule has 3 rings (SSSR count). The molecule has 0 saturated carbocycles. The molecule has 0 aliphatic carbocycles. The average molecular weight is 394 g/mol. The fraction of sp³-hybridized carbons (Fsp3) is 0.143. The Morgan fingerprint density at radius 3 is 3.04 bits per heavy atom. The van der Waals surface area contributed by atoms with Crippen LogP contribution in [0.15, 0.2) is 45.0 Å². The Morgan fingerprint density at radius 1 is 1.48 bits per heavy atom. The lowest BCUT2D eigenvalue weighted by Gasteiger charge is -2.05. The number of nitrogens with zero attached hydrogens (tertiary/aromatic N) is 3. The number of hydrogen-bond acceptors (Lipinski definition) is 5. The monoisotopic (exact) mass is 393 g/mol. The van der Waals surface area contributed by atoms with E-state index < -0.39 is 0 Å². The number of aryl methyl sites for hydroxylation is 1. The number of fused-ring (bicyclic) bond motifs is 1. The molecule has 7 nitrogen and oxygen atoms in total. The third kappa shape index (κ3) is 3.45. The molecule has 0 bridgehead atoms. The number of halogens is 1. The zero-order chi connectivity index (χ0) is 16.4. The Hall–Kier alpha value is -2.13. The van der Waals surface area contributed by atoms with Gasteiger partial charge in [0.05, 0.1) is 12.1 Å². The summed E-state index contributed by atoms with van der Waals surface area (Å²) in [7, 11) is 1.76. The van der Waals surface area contributed by atoms with Gasteiger partial charge < -0.3 is 14.9 Å². The molecule has 0 fully saturated rings. The smallest absolute Gasteiger partial charge is 0.278 e. The van der Waals surface area contributed by atoms with Crippen molar-refractivity contribution >= 4 is 50.5 Å². The first-order valence-electron chi connectivity index (χ1n) is 6.63. The van der Waals surface area contributed by atoms with Crippen LogP contribution in [0, 0.1) is 0 Å². The lowest BCUT2D eigenvalue weighted by Crippen LogP contribution is -2.14. The molecule has 0 atom stereocenters. The van der Waals surface area contributed by atoms with E-state index in [1.807, 2.05) is 24.3 Å². The molecule has 1 amide bonds. The molecule has 0 spiro atoms. The van der Waals surface area contributed by atoms with Crippen LogP contribution < -0.4 is 10.9 Å². The average Bonchev–Trinajstić information content (AvgIpc) is 2.84. The van der Waals surface area contributed by atoms with Gasteiger partial charge in [0, 0.05) is 17.2 Å². The summed E-state index contributed by atoms with van der Waals surface area (Å²) in [6.07, 6.45) is 1.33. The van der Waals surface area contributed by atoms with Crippen LogP contribution in [-0.4, -0.2) is 31.2 Å². The number of aromatic nitrogens is 4. The maximum absolute atomic E-state index is 12.0. The normalized spacial score (nSPS) is 10.9. The van der Waals surface area contributed by atoms with E-state index in [-0.39, 0.29) is 22.7 Å². The van der Waals surface area contributed by atoms with Crippen molar-refractivity contribution in [3.63, 3.8) is 0 Å². The van der Waals surface area contributed by atoms with Gasteiger partial charge in [0.2, 0.25) is 5.91 Å². The molecule has 2 N–H and O–H groups in total. The number of hydrogen-bond donors (Lipinski definition) is 2. The van der Waals surface area contributed by atoms with E-state index in [0.29, 0.717) is 16.5 Å². The number of aromatic amines is 1. The minimum atomic E-state index is -0.295. The molecule has 0 unspecified atom stereocenters. The highest BCUT2D eigenvalue weighted by molar-refractivity contribution is 9.10. The van der Waals surface area contributed by atoms with Gasteiger partial charge in [-0.25, -0.2) is 9.97 Å². The summed E-state index contributed by atoms with van der Waals surface area (Å²) in [5.41, 5.74) is 1.18. The van der Waals surface area contributed by atoms with Gasteiger partial charge in [-0.2, -0.15) is 0 Å². The summed E-state index contributed by atoms with van der Waals surface area (Å²) < 4.78 is 2.59. The minimum absolute atomic E-state index is 0.151. The maximum Gasteiger partial charge on any atom is 0.278 e. The van der Waals surface area contributed by atoms with Crippen LogP contribution in [0.5, 0.6) is 0 Å². The number of carbonyl (C=O) groups excluding carboxylic acids is 1.